The highest BCUT2D eigenvalue weighted by molar-refractivity contribution is 4.61. The van der Waals surface area contributed by atoms with E-state index in [1.165, 1.54) is 70.6 Å². The van der Waals surface area contributed by atoms with Crippen LogP contribution in [0.1, 0.15) is 77.6 Å². The normalized spacial score (nSPS) is 12.9. The molecule has 4 N–H and O–H groups in total. The molecule has 0 fully saturated rings. The Bertz CT molecular complexity index is 126. The van der Waals surface area contributed by atoms with E-state index in [4.69, 9.17) is 11.5 Å². The molecule has 0 saturated heterocycles. The molecular weight excluding hydrogens is 196 g/mol. The zero-order valence-corrected chi connectivity index (χ0v) is 11.2. The molecule has 98 valence electrons. The second-order valence-electron chi connectivity index (χ2n) is 4.95. The van der Waals surface area contributed by atoms with Crippen LogP contribution in [-0.2, 0) is 0 Å². The van der Waals surface area contributed by atoms with Gasteiger partial charge in [-0.3, -0.25) is 0 Å². The molecule has 0 aliphatic carbocycles. The van der Waals surface area contributed by atoms with E-state index in [0.717, 1.165) is 6.54 Å². The SMILES string of the molecule is CCCCCCC(N)CCCCCCCN. The summed E-state index contributed by atoms with van der Waals surface area (Å²) in [4.78, 5) is 0. The zero-order chi connectivity index (χ0) is 12.1. The van der Waals surface area contributed by atoms with E-state index in [9.17, 15) is 0 Å². The molecule has 0 aromatic heterocycles. The second-order valence-corrected chi connectivity index (χ2v) is 4.95. The molecule has 16 heavy (non-hydrogen) atoms. The Hall–Kier alpha value is -0.0800. The lowest BCUT2D eigenvalue weighted by atomic mass is 10.0. The fourth-order valence-corrected chi connectivity index (χ4v) is 2.06. The second kappa shape index (κ2) is 13.0. The van der Waals surface area contributed by atoms with Crippen LogP contribution in [-0.4, -0.2) is 12.6 Å². The third kappa shape index (κ3) is 12.0. The number of hydrogen-bond acceptors (Lipinski definition) is 2. The van der Waals surface area contributed by atoms with Crippen molar-refractivity contribution in [2.24, 2.45) is 11.5 Å². The predicted molar refractivity (Wildman–Crippen MR) is 73.5 cm³/mol. The van der Waals surface area contributed by atoms with Crippen LogP contribution in [0.15, 0.2) is 0 Å². The quantitative estimate of drug-likeness (QED) is 0.502. The van der Waals surface area contributed by atoms with Crippen LogP contribution >= 0.6 is 0 Å². The van der Waals surface area contributed by atoms with Crippen molar-refractivity contribution in [3.63, 3.8) is 0 Å². The predicted octanol–water partition coefficient (Wildman–Crippen LogP) is 3.58. The van der Waals surface area contributed by atoms with Gasteiger partial charge >= 0.3 is 0 Å². The smallest absolute Gasteiger partial charge is 0.00388 e. The highest BCUT2D eigenvalue weighted by Crippen LogP contribution is 2.11. The maximum atomic E-state index is 6.08. The lowest BCUT2D eigenvalue weighted by molar-refractivity contribution is 0.489. The van der Waals surface area contributed by atoms with Gasteiger partial charge in [0.15, 0.2) is 0 Å². The van der Waals surface area contributed by atoms with Crippen LogP contribution < -0.4 is 11.5 Å². The number of unbranched alkanes of at least 4 members (excludes halogenated alkanes) is 7. The molecule has 0 aliphatic rings. The molecule has 0 aromatic rings. The first-order chi connectivity index (χ1) is 7.81. The molecule has 1 unspecified atom stereocenters. The van der Waals surface area contributed by atoms with Gasteiger partial charge in [0.05, 0.1) is 0 Å². The maximum absolute atomic E-state index is 6.08. The molecule has 1 atom stereocenters. The van der Waals surface area contributed by atoms with Gasteiger partial charge in [-0.25, -0.2) is 0 Å². The van der Waals surface area contributed by atoms with Crippen molar-refractivity contribution in [1.82, 2.24) is 0 Å². The number of rotatable bonds is 12. The van der Waals surface area contributed by atoms with E-state index < -0.39 is 0 Å². The van der Waals surface area contributed by atoms with Gasteiger partial charge in [0.1, 0.15) is 0 Å². The Labute approximate surface area is 102 Å². The molecular formula is C14H32N2. The zero-order valence-electron chi connectivity index (χ0n) is 11.2. The summed E-state index contributed by atoms with van der Waals surface area (Å²) in [5.41, 5.74) is 11.5. The van der Waals surface area contributed by atoms with Crippen LogP contribution in [0.25, 0.3) is 0 Å². The Balaban J connectivity index is 3.08. The Morgan fingerprint density at radius 2 is 1.25 bits per heavy atom. The lowest BCUT2D eigenvalue weighted by Gasteiger charge is -2.10. The third-order valence-electron chi connectivity index (χ3n) is 3.21. The van der Waals surface area contributed by atoms with E-state index in [2.05, 4.69) is 6.92 Å². The summed E-state index contributed by atoms with van der Waals surface area (Å²) in [5, 5.41) is 0. The average Bonchev–Trinajstić information content (AvgIpc) is 2.29. The van der Waals surface area contributed by atoms with Crippen molar-refractivity contribution in [3.8, 4) is 0 Å². The first-order valence-corrected chi connectivity index (χ1v) is 7.27. The fraction of sp³-hybridized carbons (Fsp3) is 1.00. The van der Waals surface area contributed by atoms with E-state index in [1.54, 1.807) is 0 Å². The van der Waals surface area contributed by atoms with Crippen LogP contribution in [0.4, 0.5) is 0 Å². The Morgan fingerprint density at radius 1 is 0.750 bits per heavy atom. The van der Waals surface area contributed by atoms with Gasteiger partial charge < -0.3 is 11.5 Å². The summed E-state index contributed by atoms with van der Waals surface area (Å²) >= 11 is 0. The molecule has 0 radical (unpaired) electrons. The van der Waals surface area contributed by atoms with Crippen LogP contribution in [0, 0.1) is 0 Å². The first-order valence-electron chi connectivity index (χ1n) is 7.27. The van der Waals surface area contributed by atoms with Crippen LogP contribution in [0.2, 0.25) is 0 Å². The van der Waals surface area contributed by atoms with Gasteiger partial charge in [-0.15, -0.1) is 0 Å². The molecule has 0 aliphatic heterocycles. The molecule has 0 heterocycles. The summed E-state index contributed by atoms with van der Waals surface area (Å²) < 4.78 is 0. The summed E-state index contributed by atoms with van der Waals surface area (Å²) in [6.45, 7) is 3.10. The Kier molecular flexibility index (Phi) is 12.9. The van der Waals surface area contributed by atoms with Gasteiger partial charge in [0, 0.05) is 6.04 Å². The summed E-state index contributed by atoms with van der Waals surface area (Å²) in [7, 11) is 0. The summed E-state index contributed by atoms with van der Waals surface area (Å²) in [5.74, 6) is 0. The van der Waals surface area contributed by atoms with Crippen molar-refractivity contribution >= 4 is 0 Å². The van der Waals surface area contributed by atoms with Crippen LogP contribution in [0.5, 0.6) is 0 Å². The molecule has 0 bridgehead atoms. The lowest BCUT2D eigenvalue weighted by Crippen LogP contribution is -2.19. The Morgan fingerprint density at radius 3 is 1.81 bits per heavy atom. The molecule has 0 saturated carbocycles. The third-order valence-corrected chi connectivity index (χ3v) is 3.21. The molecule has 0 rings (SSSR count). The fourth-order valence-electron chi connectivity index (χ4n) is 2.06. The topological polar surface area (TPSA) is 52.0 Å². The number of nitrogens with two attached hydrogens (primary N) is 2. The minimum atomic E-state index is 0.450. The minimum absolute atomic E-state index is 0.450. The highest BCUT2D eigenvalue weighted by atomic mass is 14.6. The van der Waals surface area contributed by atoms with Crippen molar-refractivity contribution < 1.29 is 0 Å². The summed E-state index contributed by atoms with van der Waals surface area (Å²) in [6.07, 6.45) is 14.3. The summed E-state index contributed by atoms with van der Waals surface area (Å²) in [6, 6.07) is 0.450. The van der Waals surface area contributed by atoms with Crippen molar-refractivity contribution in [2.75, 3.05) is 6.54 Å². The van der Waals surface area contributed by atoms with E-state index in [0.29, 0.717) is 6.04 Å². The molecule has 2 heteroatoms. The van der Waals surface area contributed by atoms with Gasteiger partial charge in [0.25, 0.3) is 0 Å². The van der Waals surface area contributed by atoms with Crippen LogP contribution in [0.3, 0.4) is 0 Å². The first kappa shape index (κ1) is 15.9. The maximum Gasteiger partial charge on any atom is 0.00388 e. The standard InChI is InChI=1S/C14H32N2/c1-2-3-4-8-11-14(16)12-9-6-5-7-10-13-15/h14H,2-13,15-16H2,1H3. The van der Waals surface area contributed by atoms with E-state index in [1.807, 2.05) is 0 Å². The van der Waals surface area contributed by atoms with Gasteiger partial charge in [-0.05, 0) is 25.8 Å². The largest absolute Gasteiger partial charge is 0.330 e. The van der Waals surface area contributed by atoms with Crippen molar-refractivity contribution in [2.45, 2.75) is 83.6 Å². The highest BCUT2D eigenvalue weighted by Gasteiger charge is 2.01. The van der Waals surface area contributed by atoms with Gasteiger partial charge in [0.2, 0.25) is 0 Å². The van der Waals surface area contributed by atoms with E-state index >= 15 is 0 Å². The molecule has 0 amide bonds. The van der Waals surface area contributed by atoms with E-state index in [-0.39, 0.29) is 0 Å². The average molecular weight is 228 g/mol. The molecule has 2 nitrogen and oxygen atoms in total. The minimum Gasteiger partial charge on any atom is -0.330 e. The van der Waals surface area contributed by atoms with Crippen molar-refractivity contribution in [3.05, 3.63) is 0 Å². The number of hydrogen-bond donors (Lipinski definition) is 2. The molecule has 0 aromatic carbocycles. The molecule has 0 spiro atoms. The van der Waals surface area contributed by atoms with Crippen molar-refractivity contribution in [1.29, 1.82) is 0 Å². The van der Waals surface area contributed by atoms with Gasteiger partial charge in [-0.1, -0.05) is 58.3 Å². The monoisotopic (exact) mass is 228 g/mol. The van der Waals surface area contributed by atoms with Gasteiger partial charge in [-0.2, -0.15) is 0 Å².